The van der Waals surface area contributed by atoms with Crippen LogP contribution in [0.25, 0.3) is 0 Å². The molecule has 3 nitrogen and oxygen atoms in total. The number of nitrogens with one attached hydrogen (secondary N) is 1. The van der Waals surface area contributed by atoms with Gasteiger partial charge in [0.05, 0.1) is 0 Å². The summed E-state index contributed by atoms with van der Waals surface area (Å²) in [5.41, 5.74) is 2.27. The highest BCUT2D eigenvalue weighted by Crippen LogP contribution is 2.22. The zero-order chi connectivity index (χ0) is 12.4. The number of carbonyl (C=O) groups is 1. The average molecular weight is 233 g/mol. The van der Waals surface area contributed by atoms with Gasteiger partial charge < -0.3 is 10.1 Å². The molecule has 1 saturated carbocycles. The maximum absolute atomic E-state index is 11.8. The van der Waals surface area contributed by atoms with Crippen molar-refractivity contribution in [3.63, 3.8) is 0 Å². The van der Waals surface area contributed by atoms with Crippen LogP contribution < -0.4 is 10.1 Å². The molecule has 1 N–H and O–H groups in total. The highest BCUT2D eigenvalue weighted by Gasteiger charge is 2.26. The molecule has 0 saturated heterocycles. The number of aryl methyl sites for hydroxylation is 1. The first kappa shape index (κ1) is 12.0. The lowest BCUT2D eigenvalue weighted by atomic mass is 10.1. The molecule has 17 heavy (non-hydrogen) atoms. The Morgan fingerprint density at radius 1 is 1.41 bits per heavy atom. The van der Waals surface area contributed by atoms with E-state index in [1.54, 1.807) is 6.92 Å². The van der Waals surface area contributed by atoms with Gasteiger partial charge >= 0.3 is 0 Å². The molecule has 92 valence electrons. The van der Waals surface area contributed by atoms with Crippen molar-refractivity contribution in [1.82, 2.24) is 5.32 Å². The first-order valence-corrected chi connectivity index (χ1v) is 6.11. The SMILES string of the molecule is Cc1cccc(O[C@@H](C)C(=O)NC2CC2)c1C. The minimum Gasteiger partial charge on any atom is -0.481 e. The van der Waals surface area contributed by atoms with Crippen molar-refractivity contribution in [2.45, 2.75) is 45.8 Å². The van der Waals surface area contributed by atoms with Crippen LogP contribution in [0, 0.1) is 13.8 Å². The highest BCUT2D eigenvalue weighted by molar-refractivity contribution is 5.81. The lowest BCUT2D eigenvalue weighted by Crippen LogP contribution is -2.37. The number of benzene rings is 1. The normalized spacial score (nSPS) is 16.4. The van der Waals surface area contributed by atoms with Crippen LogP contribution in [0.1, 0.15) is 30.9 Å². The minimum atomic E-state index is -0.434. The van der Waals surface area contributed by atoms with Crippen molar-refractivity contribution >= 4 is 5.91 Å². The van der Waals surface area contributed by atoms with Crippen molar-refractivity contribution in [2.24, 2.45) is 0 Å². The Labute approximate surface area is 102 Å². The Balaban J connectivity index is 1.99. The van der Waals surface area contributed by atoms with Crippen LogP contribution in [0.5, 0.6) is 5.75 Å². The summed E-state index contributed by atoms with van der Waals surface area (Å²) in [7, 11) is 0. The number of amides is 1. The first-order valence-electron chi connectivity index (χ1n) is 6.11. The van der Waals surface area contributed by atoms with Crippen LogP contribution >= 0.6 is 0 Å². The Kier molecular flexibility index (Phi) is 3.36. The third-order valence-electron chi connectivity index (χ3n) is 3.15. The van der Waals surface area contributed by atoms with Gasteiger partial charge in [-0.3, -0.25) is 4.79 Å². The fourth-order valence-corrected chi connectivity index (χ4v) is 1.64. The maximum Gasteiger partial charge on any atom is 0.260 e. The first-order chi connectivity index (χ1) is 8.08. The molecule has 1 aliphatic carbocycles. The second-order valence-electron chi connectivity index (χ2n) is 4.74. The van der Waals surface area contributed by atoms with Gasteiger partial charge in [-0.05, 0) is 50.8 Å². The Morgan fingerprint density at radius 3 is 2.76 bits per heavy atom. The number of ether oxygens (including phenoxy) is 1. The van der Waals surface area contributed by atoms with Gasteiger partial charge in [-0.15, -0.1) is 0 Å². The molecular weight excluding hydrogens is 214 g/mol. The minimum absolute atomic E-state index is 0.0200. The lowest BCUT2D eigenvalue weighted by Gasteiger charge is -2.16. The Hall–Kier alpha value is -1.51. The Morgan fingerprint density at radius 2 is 2.12 bits per heavy atom. The van der Waals surface area contributed by atoms with Gasteiger partial charge in [-0.25, -0.2) is 0 Å². The topological polar surface area (TPSA) is 38.3 Å². The van der Waals surface area contributed by atoms with Gasteiger partial charge in [0.25, 0.3) is 5.91 Å². The number of rotatable bonds is 4. The van der Waals surface area contributed by atoms with E-state index < -0.39 is 6.10 Å². The summed E-state index contributed by atoms with van der Waals surface area (Å²) in [5, 5.41) is 2.94. The predicted molar refractivity (Wildman–Crippen MR) is 67.2 cm³/mol. The van der Waals surface area contributed by atoms with Crippen LogP contribution in [-0.2, 0) is 4.79 Å². The average Bonchev–Trinajstić information content (AvgIpc) is 3.08. The van der Waals surface area contributed by atoms with Crippen molar-refractivity contribution < 1.29 is 9.53 Å². The second-order valence-corrected chi connectivity index (χ2v) is 4.74. The smallest absolute Gasteiger partial charge is 0.260 e. The largest absolute Gasteiger partial charge is 0.481 e. The zero-order valence-corrected chi connectivity index (χ0v) is 10.6. The van der Waals surface area contributed by atoms with E-state index in [9.17, 15) is 4.79 Å². The molecule has 0 unspecified atom stereocenters. The molecular formula is C14H19NO2. The van der Waals surface area contributed by atoms with Crippen molar-refractivity contribution in [3.8, 4) is 5.75 Å². The van der Waals surface area contributed by atoms with Crippen molar-refractivity contribution in [2.75, 3.05) is 0 Å². The van der Waals surface area contributed by atoms with Gasteiger partial charge in [0.15, 0.2) is 6.10 Å². The Bertz CT molecular complexity index is 424. The quantitative estimate of drug-likeness (QED) is 0.867. The fraction of sp³-hybridized carbons (Fsp3) is 0.500. The molecule has 0 aliphatic heterocycles. The molecule has 1 aliphatic rings. The van der Waals surface area contributed by atoms with Crippen LogP contribution in [0.3, 0.4) is 0 Å². The number of carbonyl (C=O) groups excluding carboxylic acids is 1. The van der Waals surface area contributed by atoms with E-state index in [1.807, 2.05) is 32.0 Å². The van der Waals surface area contributed by atoms with Gasteiger partial charge in [0.2, 0.25) is 0 Å². The summed E-state index contributed by atoms with van der Waals surface area (Å²) in [5.74, 6) is 0.775. The van der Waals surface area contributed by atoms with E-state index in [0.29, 0.717) is 6.04 Å². The summed E-state index contributed by atoms with van der Waals surface area (Å²) in [4.78, 5) is 11.8. The molecule has 0 aromatic heterocycles. The van der Waals surface area contributed by atoms with Gasteiger partial charge in [-0.2, -0.15) is 0 Å². The molecule has 0 bridgehead atoms. The zero-order valence-electron chi connectivity index (χ0n) is 10.6. The van der Waals surface area contributed by atoms with Crippen molar-refractivity contribution in [3.05, 3.63) is 29.3 Å². The molecule has 1 atom stereocenters. The summed E-state index contributed by atoms with van der Waals surface area (Å²) in [6.45, 7) is 5.84. The second kappa shape index (κ2) is 4.78. The maximum atomic E-state index is 11.8. The molecule has 1 fully saturated rings. The fourth-order valence-electron chi connectivity index (χ4n) is 1.64. The molecule has 0 spiro atoms. The molecule has 0 heterocycles. The molecule has 2 rings (SSSR count). The van der Waals surface area contributed by atoms with Gasteiger partial charge in [0.1, 0.15) is 5.75 Å². The van der Waals surface area contributed by atoms with E-state index in [1.165, 1.54) is 5.56 Å². The molecule has 1 aromatic carbocycles. The van der Waals surface area contributed by atoms with Gasteiger partial charge in [0, 0.05) is 6.04 Å². The summed E-state index contributed by atoms with van der Waals surface area (Å²) < 4.78 is 5.70. The standard InChI is InChI=1S/C14H19NO2/c1-9-5-4-6-13(10(9)2)17-11(3)14(16)15-12-7-8-12/h4-6,11-12H,7-8H2,1-3H3,(H,15,16)/t11-/m0/s1. The van der Waals surface area contributed by atoms with E-state index in [4.69, 9.17) is 4.74 Å². The molecule has 0 radical (unpaired) electrons. The third kappa shape index (κ3) is 2.99. The van der Waals surface area contributed by atoms with Crippen LogP contribution in [0.2, 0.25) is 0 Å². The lowest BCUT2D eigenvalue weighted by molar-refractivity contribution is -0.127. The summed E-state index contributed by atoms with van der Waals surface area (Å²) in [6, 6.07) is 6.27. The number of hydrogen-bond donors (Lipinski definition) is 1. The van der Waals surface area contributed by atoms with E-state index in [0.717, 1.165) is 24.2 Å². The van der Waals surface area contributed by atoms with Crippen LogP contribution in [0.4, 0.5) is 0 Å². The number of hydrogen-bond acceptors (Lipinski definition) is 2. The van der Waals surface area contributed by atoms with Gasteiger partial charge in [-0.1, -0.05) is 12.1 Å². The van der Waals surface area contributed by atoms with E-state index in [-0.39, 0.29) is 5.91 Å². The van der Waals surface area contributed by atoms with E-state index in [2.05, 4.69) is 5.32 Å². The highest BCUT2D eigenvalue weighted by atomic mass is 16.5. The molecule has 1 amide bonds. The molecule has 1 aromatic rings. The van der Waals surface area contributed by atoms with Crippen molar-refractivity contribution in [1.29, 1.82) is 0 Å². The monoisotopic (exact) mass is 233 g/mol. The van der Waals surface area contributed by atoms with E-state index >= 15 is 0 Å². The van der Waals surface area contributed by atoms with Crippen LogP contribution in [0.15, 0.2) is 18.2 Å². The summed E-state index contributed by atoms with van der Waals surface area (Å²) >= 11 is 0. The molecule has 3 heteroatoms. The third-order valence-corrected chi connectivity index (χ3v) is 3.15. The summed E-state index contributed by atoms with van der Waals surface area (Å²) in [6.07, 6.45) is 1.76. The van der Waals surface area contributed by atoms with Crippen LogP contribution in [-0.4, -0.2) is 18.1 Å². The predicted octanol–water partition coefficient (Wildman–Crippen LogP) is 2.35.